The number of nitrogens with zero attached hydrogens (tertiary/aromatic N) is 3. The Bertz CT molecular complexity index is 838. The molecule has 0 atom stereocenters. The Hall–Kier alpha value is -2.08. The average Bonchev–Trinajstić information content (AvgIpc) is 3.05. The van der Waals surface area contributed by atoms with Crippen molar-refractivity contribution in [3.05, 3.63) is 64.5 Å². The third-order valence-corrected chi connectivity index (χ3v) is 4.19. The molecule has 0 bridgehead atoms. The normalized spacial score (nSPS) is 11.0. The number of ether oxygens (including phenoxy) is 1. The first-order valence-electron chi connectivity index (χ1n) is 7.76. The monoisotopic (exact) mass is 377 g/mol. The second-order valence-electron chi connectivity index (χ2n) is 5.50. The molecule has 0 fully saturated rings. The summed E-state index contributed by atoms with van der Waals surface area (Å²) in [5.41, 5.74) is 0.729. The van der Waals surface area contributed by atoms with Crippen molar-refractivity contribution in [1.29, 1.82) is 0 Å². The molecule has 3 rings (SSSR count). The third-order valence-electron chi connectivity index (χ3n) is 3.54. The molecule has 0 aliphatic rings. The Morgan fingerprint density at radius 3 is 2.48 bits per heavy atom. The van der Waals surface area contributed by atoms with E-state index in [0.717, 1.165) is 5.56 Å². The highest BCUT2D eigenvalue weighted by Gasteiger charge is 2.13. The summed E-state index contributed by atoms with van der Waals surface area (Å²) in [5.74, 6) is 1.62. The predicted octanol–water partition coefficient (Wildman–Crippen LogP) is 4.55. The summed E-state index contributed by atoms with van der Waals surface area (Å²) < 4.78 is 11.4. The highest BCUT2D eigenvalue weighted by Crippen LogP contribution is 2.26. The molecule has 0 amide bonds. The lowest BCUT2D eigenvalue weighted by atomic mass is 10.2. The van der Waals surface area contributed by atoms with Gasteiger partial charge in [-0.25, -0.2) is 0 Å². The predicted molar refractivity (Wildman–Crippen MR) is 98.0 cm³/mol. The Labute approximate surface area is 156 Å². The van der Waals surface area contributed by atoms with E-state index in [1.165, 1.54) is 0 Å². The van der Waals surface area contributed by atoms with Crippen LogP contribution in [0.15, 0.2) is 52.9 Å². The summed E-state index contributed by atoms with van der Waals surface area (Å²) in [5, 5.41) is 9.32. The number of benzene rings is 2. The fraction of sp³-hybridized carbons (Fsp3) is 0.222. The van der Waals surface area contributed by atoms with Gasteiger partial charge in [-0.3, -0.25) is 4.90 Å². The van der Waals surface area contributed by atoms with Gasteiger partial charge in [-0.15, -0.1) is 10.2 Å². The molecule has 0 saturated carbocycles. The first kappa shape index (κ1) is 17.7. The largest absolute Gasteiger partial charge is 0.491 e. The van der Waals surface area contributed by atoms with E-state index >= 15 is 0 Å². The van der Waals surface area contributed by atoms with Crippen LogP contribution in [0, 0.1) is 0 Å². The second-order valence-corrected chi connectivity index (χ2v) is 6.31. The molecule has 130 valence electrons. The van der Waals surface area contributed by atoms with Crippen LogP contribution in [0.1, 0.15) is 5.89 Å². The number of rotatable bonds is 7. The highest BCUT2D eigenvalue weighted by atomic mass is 35.5. The van der Waals surface area contributed by atoms with Crippen molar-refractivity contribution in [3.63, 3.8) is 0 Å². The van der Waals surface area contributed by atoms with E-state index < -0.39 is 0 Å². The number of hydrogen-bond acceptors (Lipinski definition) is 5. The van der Waals surface area contributed by atoms with Crippen molar-refractivity contribution >= 4 is 23.2 Å². The summed E-state index contributed by atoms with van der Waals surface area (Å²) >= 11 is 12.2. The van der Waals surface area contributed by atoms with Crippen LogP contribution in [0.5, 0.6) is 5.75 Å². The average molecular weight is 378 g/mol. The van der Waals surface area contributed by atoms with Crippen LogP contribution in [0.3, 0.4) is 0 Å². The van der Waals surface area contributed by atoms with Crippen LogP contribution in [0.25, 0.3) is 11.5 Å². The first-order chi connectivity index (χ1) is 12.1. The van der Waals surface area contributed by atoms with Gasteiger partial charge in [0.05, 0.1) is 22.2 Å². The maximum atomic E-state index is 6.15. The molecular weight excluding hydrogens is 361 g/mol. The zero-order valence-electron chi connectivity index (χ0n) is 13.7. The van der Waals surface area contributed by atoms with Gasteiger partial charge >= 0.3 is 0 Å². The standard InChI is InChI=1S/C18H17Cl2N3O2/c1-23(10-11-24-16-9-5-4-8-15(16)20)12-17-21-22-18(25-17)13-6-2-3-7-14(13)19/h2-9H,10-12H2,1H3. The van der Waals surface area contributed by atoms with E-state index in [4.69, 9.17) is 32.4 Å². The van der Waals surface area contributed by atoms with Gasteiger partial charge in [-0.1, -0.05) is 47.5 Å². The van der Waals surface area contributed by atoms with Gasteiger partial charge in [-0.05, 0) is 31.3 Å². The maximum absolute atomic E-state index is 6.15. The second kappa shape index (κ2) is 8.34. The van der Waals surface area contributed by atoms with Crippen molar-refractivity contribution in [2.75, 3.05) is 20.2 Å². The summed E-state index contributed by atoms with van der Waals surface area (Å²) in [4.78, 5) is 2.03. The summed E-state index contributed by atoms with van der Waals surface area (Å²) in [6, 6.07) is 14.8. The number of likely N-dealkylation sites (N-methyl/N-ethyl adjacent to an activating group) is 1. The molecule has 0 radical (unpaired) electrons. The molecule has 1 heterocycles. The van der Waals surface area contributed by atoms with Crippen LogP contribution in [0.4, 0.5) is 0 Å². The van der Waals surface area contributed by atoms with Gasteiger partial charge in [0.1, 0.15) is 12.4 Å². The van der Waals surface area contributed by atoms with Crippen molar-refractivity contribution in [1.82, 2.24) is 15.1 Å². The quantitative estimate of drug-likeness (QED) is 0.604. The van der Waals surface area contributed by atoms with Crippen LogP contribution in [-0.4, -0.2) is 35.3 Å². The van der Waals surface area contributed by atoms with Gasteiger partial charge in [0.25, 0.3) is 0 Å². The molecule has 2 aromatic carbocycles. The number of aromatic nitrogens is 2. The SMILES string of the molecule is CN(CCOc1ccccc1Cl)Cc1nnc(-c2ccccc2Cl)o1. The minimum atomic E-state index is 0.418. The van der Waals surface area contributed by atoms with Gasteiger partial charge in [0, 0.05) is 6.54 Å². The third kappa shape index (κ3) is 4.72. The first-order valence-corrected chi connectivity index (χ1v) is 8.52. The molecule has 0 spiro atoms. The molecule has 5 nitrogen and oxygen atoms in total. The zero-order valence-corrected chi connectivity index (χ0v) is 15.2. The van der Waals surface area contributed by atoms with E-state index in [-0.39, 0.29) is 0 Å². The minimum absolute atomic E-state index is 0.418. The molecule has 0 N–H and O–H groups in total. The molecule has 0 aliphatic carbocycles. The van der Waals surface area contributed by atoms with Crippen LogP contribution < -0.4 is 4.74 Å². The van der Waals surface area contributed by atoms with Crippen molar-refractivity contribution in [2.24, 2.45) is 0 Å². The van der Waals surface area contributed by atoms with E-state index in [0.29, 0.717) is 47.3 Å². The number of para-hydroxylation sites is 1. The molecule has 0 saturated heterocycles. The van der Waals surface area contributed by atoms with E-state index in [9.17, 15) is 0 Å². The maximum Gasteiger partial charge on any atom is 0.249 e. The molecule has 25 heavy (non-hydrogen) atoms. The molecule has 0 unspecified atom stereocenters. The molecular formula is C18H17Cl2N3O2. The van der Waals surface area contributed by atoms with Crippen molar-refractivity contribution < 1.29 is 9.15 Å². The van der Waals surface area contributed by atoms with Gasteiger partial charge in [0.15, 0.2) is 0 Å². The van der Waals surface area contributed by atoms with Gasteiger partial charge < -0.3 is 9.15 Å². The Kier molecular flexibility index (Phi) is 5.91. The molecule has 7 heteroatoms. The fourth-order valence-electron chi connectivity index (χ4n) is 2.24. The smallest absolute Gasteiger partial charge is 0.249 e. The lowest BCUT2D eigenvalue weighted by molar-refractivity contribution is 0.220. The fourth-order valence-corrected chi connectivity index (χ4v) is 2.65. The Morgan fingerprint density at radius 1 is 1.00 bits per heavy atom. The Morgan fingerprint density at radius 2 is 1.72 bits per heavy atom. The van der Waals surface area contributed by atoms with E-state index in [2.05, 4.69) is 10.2 Å². The van der Waals surface area contributed by atoms with Crippen molar-refractivity contribution in [2.45, 2.75) is 6.54 Å². The molecule has 0 aliphatic heterocycles. The number of halogens is 2. The zero-order chi connectivity index (χ0) is 17.6. The molecule has 1 aromatic heterocycles. The van der Waals surface area contributed by atoms with Crippen molar-refractivity contribution in [3.8, 4) is 17.2 Å². The summed E-state index contributed by atoms with van der Waals surface area (Å²) in [7, 11) is 1.95. The van der Waals surface area contributed by atoms with E-state index in [1.807, 2.05) is 48.3 Å². The van der Waals surface area contributed by atoms with Crippen LogP contribution in [-0.2, 0) is 6.54 Å². The van der Waals surface area contributed by atoms with Gasteiger partial charge in [-0.2, -0.15) is 0 Å². The lowest BCUT2D eigenvalue weighted by Gasteiger charge is -2.15. The number of hydrogen-bond donors (Lipinski definition) is 0. The minimum Gasteiger partial charge on any atom is -0.491 e. The topological polar surface area (TPSA) is 51.4 Å². The Balaban J connectivity index is 1.53. The van der Waals surface area contributed by atoms with Crippen LogP contribution >= 0.6 is 23.2 Å². The van der Waals surface area contributed by atoms with Crippen LogP contribution in [0.2, 0.25) is 10.0 Å². The molecule has 3 aromatic rings. The lowest BCUT2D eigenvalue weighted by Crippen LogP contribution is -2.24. The summed E-state index contributed by atoms with van der Waals surface area (Å²) in [6.45, 7) is 1.71. The highest BCUT2D eigenvalue weighted by molar-refractivity contribution is 6.33. The van der Waals surface area contributed by atoms with Gasteiger partial charge in [0.2, 0.25) is 11.8 Å². The van der Waals surface area contributed by atoms with E-state index in [1.54, 1.807) is 12.1 Å². The summed E-state index contributed by atoms with van der Waals surface area (Å²) in [6.07, 6.45) is 0.